The Hall–Kier alpha value is -1.09. The molecule has 2 N–H and O–H groups in total. The Morgan fingerprint density at radius 2 is 2.18 bits per heavy atom. The van der Waals surface area contributed by atoms with E-state index in [2.05, 4.69) is 12.2 Å². The molecule has 3 heteroatoms. The molecule has 0 amide bonds. The van der Waals surface area contributed by atoms with Gasteiger partial charge in [0.15, 0.2) is 0 Å². The van der Waals surface area contributed by atoms with Crippen molar-refractivity contribution in [3.63, 3.8) is 0 Å². The number of hydrogen-bond acceptors (Lipinski definition) is 2. The van der Waals surface area contributed by atoms with Crippen molar-refractivity contribution in [2.24, 2.45) is 5.41 Å². The molecule has 0 bridgehead atoms. The lowest BCUT2D eigenvalue weighted by molar-refractivity contribution is 0.414. The molecule has 1 aromatic rings. The summed E-state index contributed by atoms with van der Waals surface area (Å²) in [6, 6.07) is 4.07. The van der Waals surface area contributed by atoms with Crippen molar-refractivity contribution in [3.8, 4) is 5.75 Å². The summed E-state index contributed by atoms with van der Waals surface area (Å²) in [7, 11) is 0. The SMILES string of the molecule is CCCC1(CNCc2cc(F)ccc2O)CC1. The second-order valence-corrected chi connectivity index (χ2v) is 5.13. The predicted octanol–water partition coefficient (Wildman–Crippen LogP) is 3.20. The molecule has 0 unspecified atom stereocenters. The first-order valence-corrected chi connectivity index (χ1v) is 6.33. The average molecular weight is 237 g/mol. The lowest BCUT2D eigenvalue weighted by Crippen LogP contribution is -2.23. The highest BCUT2D eigenvalue weighted by molar-refractivity contribution is 5.32. The molecule has 0 aromatic heterocycles. The molecular formula is C14H20FNO. The number of hydrogen-bond donors (Lipinski definition) is 2. The number of nitrogens with one attached hydrogen (secondary N) is 1. The van der Waals surface area contributed by atoms with E-state index in [0.29, 0.717) is 17.5 Å². The average Bonchev–Trinajstić information content (AvgIpc) is 3.04. The fourth-order valence-corrected chi connectivity index (χ4v) is 2.38. The van der Waals surface area contributed by atoms with Crippen LogP contribution in [0, 0.1) is 11.2 Å². The summed E-state index contributed by atoms with van der Waals surface area (Å²) in [6.45, 7) is 3.71. The van der Waals surface area contributed by atoms with Gasteiger partial charge in [0.05, 0.1) is 0 Å². The molecule has 0 aliphatic heterocycles. The maximum absolute atomic E-state index is 13.0. The zero-order valence-electron chi connectivity index (χ0n) is 10.3. The fourth-order valence-electron chi connectivity index (χ4n) is 2.38. The maximum Gasteiger partial charge on any atom is 0.123 e. The van der Waals surface area contributed by atoms with Gasteiger partial charge in [-0.3, -0.25) is 0 Å². The van der Waals surface area contributed by atoms with Crippen LogP contribution in [0.1, 0.15) is 38.2 Å². The number of rotatable bonds is 6. The van der Waals surface area contributed by atoms with E-state index in [1.807, 2.05) is 0 Å². The minimum atomic E-state index is -0.297. The first-order chi connectivity index (χ1) is 8.15. The second-order valence-electron chi connectivity index (χ2n) is 5.13. The quantitative estimate of drug-likeness (QED) is 0.796. The third-order valence-electron chi connectivity index (χ3n) is 3.59. The predicted molar refractivity (Wildman–Crippen MR) is 66.3 cm³/mol. The van der Waals surface area contributed by atoms with Gasteiger partial charge in [0, 0.05) is 18.7 Å². The molecule has 0 saturated heterocycles. The molecule has 0 atom stereocenters. The first kappa shape index (κ1) is 12.4. The Morgan fingerprint density at radius 1 is 1.41 bits per heavy atom. The highest BCUT2D eigenvalue weighted by Crippen LogP contribution is 2.48. The standard InChI is InChI=1S/C14H20FNO/c1-2-5-14(6-7-14)10-16-9-11-8-12(15)3-4-13(11)17/h3-4,8,16-17H,2,5-7,9-10H2,1H3. The van der Waals surface area contributed by atoms with Gasteiger partial charge < -0.3 is 10.4 Å². The van der Waals surface area contributed by atoms with E-state index >= 15 is 0 Å². The van der Waals surface area contributed by atoms with Crippen molar-refractivity contribution in [1.29, 1.82) is 0 Å². The molecule has 17 heavy (non-hydrogen) atoms. The van der Waals surface area contributed by atoms with Crippen molar-refractivity contribution >= 4 is 0 Å². The Bertz CT molecular complexity index is 388. The van der Waals surface area contributed by atoms with Crippen LogP contribution in [-0.4, -0.2) is 11.7 Å². The van der Waals surface area contributed by atoms with Crippen LogP contribution in [0.3, 0.4) is 0 Å². The van der Waals surface area contributed by atoms with Gasteiger partial charge in [-0.2, -0.15) is 0 Å². The summed E-state index contributed by atoms with van der Waals surface area (Å²) in [4.78, 5) is 0. The highest BCUT2D eigenvalue weighted by atomic mass is 19.1. The molecule has 0 heterocycles. The molecule has 1 saturated carbocycles. The number of benzene rings is 1. The van der Waals surface area contributed by atoms with Crippen molar-refractivity contribution in [2.75, 3.05) is 6.54 Å². The van der Waals surface area contributed by atoms with Crippen LogP contribution in [0.4, 0.5) is 4.39 Å². The van der Waals surface area contributed by atoms with Crippen LogP contribution in [0.5, 0.6) is 5.75 Å². The van der Waals surface area contributed by atoms with Crippen LogP contribution in [0.15, 0.2) is 18.2 Å². The van der Waals surface area contributed by atoms with Crippen molar-refractivity contribution in [3.05, 3.63) is 29.6 Å². The van der Waals surface area contributed by atoms with Gasteiger partial charge in [0.2, 0.25) is 0 Å². The second kappa shape index (κ2) is 5.05. The zero-order valence-corrected chi connectivity index (χ0v) is 10.3. The van der Waals surface area contributed by atoms with Crippen molar-refractivity contribution in [1.82, 2.24) is 5.32 Å². The van der Waals surface area contributed by atoms with Crippen LogP contribution in [0.2, 0.25) is 0 Å². The molecule has 94 valence electrons. The summed E-state index contributed by atoms with van der Waals surface area (Å²) in [5.41, 5.74) is 1.12. The molecule has 1 aromatic carbocycles. The molecule has 0 radical (unpaired) electrons. The molecule has 2 nitrogen and oxygen atoms in total. The topological polar surface area (TPSA) is 32.3 Å². The van der Waals surface area contributed by atoms with E-state index < -0.39 is 0 Å². The van der Waals surface area contributed by atoms with E-state index in [9.17, 15) is 9.50 Å². The van der Waals surface area contributed by atoms with E-state index in [-0.39, 0.29) is 11.6 Å². The Morgan fingerprint density at radius 3 is 2.82 bits per heavy atom. The Balaban J connectivity index is 1.84. The van der Waals surface area contributed by atoms with Crippen LogP contribution >= 0.6 is 0 Å². The first-order valence-electron chi connectivity index (χ1n) is 6.33. The third-order valence-corrected chi connectivity index (χ3v) is 3.59. The highest BCUT2D eigenvalue weighted by Gasteiger charge is 2.40. The number of phenols is 1. The summed E-state index contributed by atoms with van der Waals surface area (Å²) in [5, 5.41) is 12.9. The normalized spacial score (nSPS) is 17.1. The van der Waals surface area contributed by atoms with Crippen LogP contribution < -0.4 is 5.32 Å². The lowest BCUT2D eigenvalue weighted by Gasteiger charge is -2.15. The Labute approximate surface area is 102 Å². The van der Waals surface area contributed by atoms with Crippen LogP contribution in [-0.2, 0) is 6.54 Å². The molecule has 0 spiro atoms. The number of phenolic OH excluding ortho intramolecular Hbond substituents is 1. The van der Waals surface area contributed by atoms with Crippen molar-refractivity contribution in [2.45, 2.75) is 39.2 Å². The summed E-state index contributed by atoms with van der Waals surface area (Å²) >= 11 is 0. The summed E-state index contributed by atoms with van der Waals surface area (Å²) in [5.74, 6) is -0.131. The van der Waals surface area contributed by atoms with Gasteiger partial charge in [-0.25, -0.2) is 4.39 Å². The van der Waals surface area contributed by atoms with E-state index in [1.165, 1.54) is 43.9 Å². The van der Waals surface area contributed by atoms with Gasteiger partial charge >= 0.3 is 0 Å². The number of aromatic hydroxyl groups is 1. The molecule has 1 aliphatic carbocycles. The maximum atomic E-state index is 13.0. The van der Waals surface area contributed by atoms with E-state index in [4.69, 9.17) is 0 Å². The molecule has 2 rings (SSSR count). The third kappa shape index (κ3) is 3.19. The minimum Gasteiger partial charge on any atom is -0.508 e. The summed E-state index contributed by atoms with van der Waals surface area (Å²) in [6.07, 6.45) is 5.06. The molecular weight excluding hydrogens is 217 g/mol. The van der Waals surface area contributed by atoms with Gasteiger partial charge in [0.25, 0.3) is 0 Å². The monoisotopic (exact) mass is 237 g/mol. The zero-order chi connectivity index (χ0) is 12.3. The van der Waals surface area contributed by atoms with E-state index in [1.54, 1.807) is 0 Å². The Kier molecular flexibility index (Phi) is 3.67. The van der Waals surface area contributed by atoms with Gasteiger partial charge in [0.1, 0.15) is 11.6 Å². The largest absolute Gasteiger partial charge is 0.508 e. The van der Waals surface area contributed by atoms with Crippen molar-refractivity contribution < 1.29 is 9.50 Å². The molecule has 1 fully saturated rings. The lowest BCUT2D eigenvalue weighted by atomic mass is 10.0. The smallest absolute Gasteiger partial charge is 0.123 e. The summed E-state index contributed by atoms with van der Waals surface area (Å²) < 4.78 is 13.0. The fraction of sp³-hybridized carbons (Fsp3) is 0.571. The molecule has 1 aliphatic rings. The van der Waals surface area contributed by atoms with Gasteiger partial charge in [-0.15, -0.1) is 0 Å². The van der Waals surface area contributed by atoms with E-state index in [0.717, 1.165) is 6.54 Å². The van der Waals surface area contributed by atoms with Gasteiger partial charge in [-0.05, 0) is 42.9 Å². The number of halogens is 1. The minimum absolute atomic E-state index is 0.166. The van der Waals surface area contributed by atoms with Crippen LogP contribution in [0.25, 0.3) is 0 Å². The van der Waals surface area contributed by atoms with Gasteiger partial charge in [-0.1, -0.05) is 13.3 Å².